The summed E-state index contributed by atoms with van der Waals surface area (Å²) in [5.74, 6) is 1.12. The Bertz CT molecular complexity index is 597. The fourth-order valence-corrected chi connectivity index (χ4v) is 4.01. The van der Waals surface area contributed by atoms with E-state index in [1.54, 1.807) is 0 Å². The highest BCUT2D eigenvalue weighted by atomic mass is 127. The van der Waals surface area contributed by atoms with Crippen molar-refractivity contribution < 1.29 is 38.0 Å². The summed E-state index contributed by atoms with van der Waals surface area (Å²) in [6, 6.07) is 10.0. The van der Waals surface area contributed by atoms with Gasteiger partial charge in [0.25, 0.3) is 0 Å². The molecule has 3 saturated heterocycles. The van der Waals surface area contributed by atoms with Gasteiger partial charge in [-0.05, 0) is 12.1 Å². The summed E-state index contributed by atoms with van der Waals surface area (Å²) >= 11 is 0. The molecular formula is C16H20INO2. The molecule has 1 aromatic carbocycles. The van der Waals surface area contributed by atoms with Crippen molar-refractivity contribution >= 4 is 11.0 Å². The number of furan rings is 1. The topological polar surface area (TPSA) is 33.4 Å². The van der Waals surface area contributed by atoms with E-state index in [0.29, 0.717) is 5.92 Å². The van der Waals surface area contributed by atoms with E-state index in [4.69, 9.17) is 4.42 Å². The fourth-order valence-electron chi connectivity index (χ4n) is 4.01. The maximum absolute atomic E-state index is 11.2. The van der Waals surface area contributed by atoms with Crippen LogP contribution in [0.2, 0.25) is 0 Å². The SMILES string of the molecule is C[N+]12CCC(CC1)C(O)(c1cc3ccccc3o1)C2.[I-]. The van der Waals surface area contributed by atoms with Gasteiger partial charge >= 0.3 is 0 Å². The molecule has 0 aliphatic carbocycles. The molecule has 0 spiro atoms. The van der Waals surface area contributed by atoms with Crippen LogP contribution in [-0.2, 0) is 5.60 Å². The second-order valence-electron chi connectivity index (χ2n) is 6.57. The molecule has 4 heterocycles. The van der Waals surface area contributed by atoms with Crippen LogP contribution < -0.4 is 24.0 Å². The van der Waals surface area contributed by atoms with Crippen molar-refractivity contribution in [2.45, 2.75) is 18.4 Å². The minimum atomic E-state index is -0.774. The Morgan fingerprint density at radius 2 is 1.95 bits per heavy atom. The molecule has 5 rings (SSSR count). The van der Waals surface area contributed by atoms with Gasteiger partial charge in [0.1, 0.15) is 17.9 Å². The predicted octanol–water partition coefficient (Wildman–Crippen LogP) is -0.505. The zero-order valence-electron chi connectivity index (χ0n) is 11.7. The number of hydrogen-bond acceptors (Lipinski definition) is 2. The standard InChI is InChI=1S/C16H20NO2.HI/c1-17-8-6-13(7-9-17)16(18,11-17)15-10-12-4-2-3-5-14(12)19-15;/h2-5,10,13,18H,6-9,11H2,1H3;1H/q+1;/p-1. The molecule has 2 aromatic rings. The molecule has 1 aromatic heterocycles. The van der Waals surface area contributed by atoms with Gasteiger partial charge in [-0.15, -0.1) is 0 Å². The highest BCUT2D eigenvalue weighted by molar-refractivity contribution is 5.77. The number of likely N-dealkylation sites (N-methyl/N-ethyl adjacent to an activating group) is 1. The number of hydrogen-bond donors (Lipinski definition) is 1. The lowest BCUT2D eigenvalue weighted by molar-refractivity contribution is -0.935. The Labute approximate surface area is 136 Å². The summed E-state index contributed by atoms with van der Waals surface area (Å²) in [6.45, 7) is 3.16. The van der Waals surface area contributed by atoms with Crippen molar-refractivity contribution in [3.63, 3.8) is 0 Å². The van der Waals surface area contributed by atoms with Gasteiger partial charge in [-0.1, -0.05) is 18.2 Å². The third-order valence-corrected chi connectivity index (χ3v) is 5.19. The molecular weight excluding hydrogens is 365 g/mol. The van der Waals surface area contributed by atoms with Crippen LogP contribution in [0.1, 0.15) is 18.6 Å². The van der Waals surface area contributed by atoms with Crippen LogP contribution in [-0.4, -0.2) is 36.3 Å². The molecule has 3 fully saturated rings. The number of nitrogens with zero attached hydrogens (tertiary/aromatic N) is 1. The van der Waals surface area contributed by atoms with Gasteiger partial charge < -0.3 is 38.0 Å². The quantitative estimate of drug-likeness (QED) is 0.530. The van der Waals surface area contributed by atoms with E-state index < -0.39 is 5.60 Å². The van der Waals surface area contributed by atoms with Crippen LogP contribution in [0.15, 0.2) is 34.7 Å². The Morgan fingerprint density at radius 1 is 1.25 bits per heavy atom. The number of quaternary nitrogens is 1. The summed E-state index contributed by atoms with van der Waals surface area (Å²) in [5.41, 5.74) is 0.106. The molecule has 3 aliphatic heterocycles. The molecule has 1 N–H and O–H groups in total. The van der Waals surface area contributed by atoms with Crippen LogP contribution in [0.4, 0.5) is 0 Å². The molecule has 1 atom stereocenters. The first-order valence-electron chi connectivity index (χ1n) is 7.14. The minimum absolute atomic E-state index is 0. The lowest BCUT2D eigenvalue weighted by Gasteiger charge is -2.53. The average molecular weight is 385 g/mol. The molecule has 3 nitrogen and oxygen atoms in total. The number of fused-ring (bicyclic) bond motifs is 4. The largest absolute Gasteiger partial charge is 1.00 e. The number of benzene rings is 1. The van der Waals surface area contributed by atoms with E-state index in [9.17, 15) is 5.11 Å². The smallest absolute Gasteiger partial charge is 0.174 e. The molecule has 1 unspecified atom stereocenters. The Hall–Kier alpha value is -0.590. The second-order valence-corrected chi connectivity index (χ2v) is 6.57. The van der Waals surface area contributed by atoms with E-state index in [1.807, 2.05) is 30.3 Å². The summed E-state index contributed by atoms with van der Waals surface area (Å²) < 4.78 is 6.92. The van der Waals surface area contributed by atoms with Crippen LogP contribution in [0.3, 0.4) is 0 Å². The van der Waals surface area contributed by atoms with Gasteiger partial charge in [-0.25, -0.2) is 0 Å². The highest BCUT2D eigenvalue weighted by Gasteiger charge is 2.55. The molecule has 0 radical (unpaired) electrons. The highest BCUT2D eigenvalue weighted by Crippen LogP contribution is 2.46. The Kier molecular flexibility index (Phi) is 3.38. The number of rotatable bonds is 1. The lowest BCUT2D eigenvalue weighted by atomic mass is 9.72. The van der Waals surface area contributed by atoms with E-state index in [0.717, 1.165) is 40.6 Å². The number of piperidine rings is 3. The summed E-state index contributed by atoms with van der Waals surface area (Å²) in [4.78, 5) is 0. The van der Waals surface area contributed by atoms with E-state index in [1.165, 1.54) is 13.1 Å². The molecule has 2 bridgehead atoms. The second kappa shape index (κ2) is 4.71. The maximum atomic E-state index is 11.2. The first-order valence-corrected chi connectivity index (χ1v) is 7.14. The zero-order chi connectivity index (χ0) is 13.1. The molecule has 0 amide bonds. The van der Waals surface area contributed by atoms with E-state index in [-0.39, 0.29) is 24.0 Å². The molecule has 4 heteroatoms. The summed E-state index contributed by atoms with van der Waals surface area (Å²) in [5, 5.41) is 12.3. The van der Waals surface area contributed by atoms with E-state index in [2.05, 4.69) is 7.05 Å². The van der Waals surface area contributed by atoms with Crippen molar-refractivity contribution in [3.05, 3.63) is 36.1 Å². The third-order valence-electron chi connectivity index (χ3n) is 5.19. The lowest BCUT2D eigenvalue weighted by Crippen LogP contribution is -3.00. The molecule has 20 heavy (non-hydrogen) atoms. The van der Waals surface area contributed by atoms with Crippen LogP contribution in [0.5, 0.6) is 0 Å². The molecule has 108 valence electrons. The maximum Gasteiger partial charge on any atom is 0.174 e. The molecule has 3 aliphatic rings. The van der Waals surface area contributed by atoms with Crippen LogP contribution >= 0.6 is 0 Å². The van der Waals surface area contributed by atoms with Gasteiger partial charge in [0, 0.05) is 24.1 Å². The zero-order valence-corrected chi connectivity index (χ0v) is 13.8. The number of halogens is 1. The van der Waals surface area contributed by atoms with Crippen molar-refractivity contribution in [1.29, 1.82) is 0 Å². The average Bonchev–Trinajstić information content (AvgIpc) is 2.83. The third kappa shape index (κ3) is 2.00. The van der Waals surface area contributed by atoms with E-state index >= 15 is 0 Å². The first kappa shape index (κ1) is 14.4. The van der Waals surface area contributed by atoms with Crippen molar-refractivity contribution in [1.82, 2.24) is 0 Å². The van der Waals surface area contributed by atoms with Gasteiger partial charge in [0.2, 0.25) is 0 Å². The van der Waals surface area contributed by atoms with Crippen molar-refractivity contribution in [2.24, 2.45) is 5.92 Å². The van der Waals surface area contributed by atoms with Gasteiger partial charge in [-0.2, -0.15) is 0 Å². The fraction of sp³-hybridized carbons (Fsp3) is 0.500. The first-order chi connectivity index (χ1) is 9.09. The van der Waals surface area contributed by atoms with Gasteiger partial charge in [0.05, 0.1) is 20.1 Å². The predicted molar refractivity (Wildman–Crippen MR) is 73.6 cm³/mol. The monoisotopic (exact) mass is 385 g/mol. The van der Waals surface area contributed by atoms with Gasteiger partial charge in [-0.3, -0.25) is 0 Å². The Balaban J connectivity index is 0.00000121. The van der Waals surface area contributed by atoms with Crippen molar-refractivity contribution in [3.8, 4) is 0 Å². The van der Waals surface area contributed by atoms with Crippen LogP contribution in [0.25, 0.3) is 11.0 Å². The summed E-state index contributed by atoms with van der Waals surface area (Å²) in [7, 11) is 2.25. The van der Waals surface area contributed by atoms with Gasteiger partial charge in [0.15, 0.2) is 5.60 Å². The summed E-state index contributed by atoms with van der Waals surface area (Å²) in [6.07, 6.45) is 2.20. The number of aliphatic hydroxyl groups is 1. The minimum Gasteiger partial charge on any atom is -1.00 e. The normalized spacial score (nSPS) is 36.0. The van der Waals surface area contributed by atoms with Crippen molar-refractivity contribution in [2.75, 3.05) is 26.7 Å². The van der Waals surface area contributed by atoms with Crippen LogP contribution in [0, 0.1) is 5.92 Å². The number of para-hydroxylation sites is 1. The Morgan fingerprint density at radius 3 is 2.60 bits per heavy atom. The molecule has 0 saturated carbocycles.